The molecule has 0 bridgehead atoms. The summed E-state index contributed by atoms with van der Waals surface area (Å²) in [5.74, 6) is -0.119. The lowest BCUT2D eigenvalue weighted by Gasteiger charge is -2.31. The van der Waals surface area contributed by atoms with Gasteiger partial charge in [0.25, 0.3) is 0 Å². The quantitative estimate of drug-likeness (QED) is 0.891. The Kier molecular flexibility index (Phi) is 5.66. The van der Waals surface area contributed by atoms with E-state index in [2.05, 4.69) is 5.32 Å². The van der Waals surface area contributed by atoms with Gasteiger partial charge in [-0.25, -0.2) is 4.79 Å². The third-order valence-corrected chi connectivity index (χ3v) is 4.45. The lowest BCUT2D eigenvalue weighted by molar-refractivity contribution is -0.125. The van der Waals surface area contributed by atoms with Gasteiger partial charge in [0.1, 0.15) is 0 Å². The van der Waals surface area contributed by atoms with E-state index in [0.717, 1.165) is 18.4 Å². The Hall–Kier alpha value is -1.75. The number of carbonyl (C=O) groups excluding carboxylic acids is 2. The van der Waals surface area contributed by atoms with Crippen LogP contribution < -0.4 is 11.1 Å². The summed E-state index contributed by atoms with van der Waals surface area (Å²) in [4.78, 5) is 25.0. The summed E-state index contributed by atoms with van der Waals surface area (Å²) in [6.07, 6.45) is 2.10. The number of hydrogen-bond donors (Lipinski definition) is 2. The number of nitrogens with one attached hydrogen (secondary N) is 1. The normalized spacial score (nSPS) is 17.1. The molecular formula is C16H22ClN3O2. The van der Waals surface area contributed by atoms with E-state index < -0.39 is 6.03 Å². The molecule has 0 spiro atoms. The van der Waals surface area contributed by atoms with E-state index in [9.17, 15) is 9.59 Å². The number of piperidine rings is 1. The van der Waals surface area contributed by atoms with E-state index in [1.54, 1.807) is 4.90 Å². The second-order valence-corrected chi connectivity index (χ2v) is 6.21. The monoisotopic (exact) mass is 323 g/mol. The first-order valence-corrected chi connectivity index (χ1v) is 7.93. The van der Waals surface area contributed by atoms with Gasteiger partial charge in [-0.2, -0.15) is 0 Å². The maximum atomic E-state index is 12.3. The van der Waals surface area contributed by atoms with Crippen LogP contribution in [0.15, 0.2) is 24.3 Å². The maximum absolute atomic E-state index is 12.3. The Labute approximate surface area is 135 Å². The first-order chi connectivity index (χ1) is 10.5. The van der Waals surface area contributed by atoms with Crippen LogP contribution in [0.2, 0.25) is 5.02 Å². The third kappa shape index (κ3) is 4.37. The van der Waals surface area contributed by atoms with Crippen LogP contribution in [-0.4, -0.2) is 36.0 Å². The van der Waals surface area contributed by atoms with Gasteiger partial charge in [-0.3, -0.25) is 4.79 Å². The highest BCUT2D eigenvalue weighted by Gasteiger charge is 2.24. The van der Waals surface area contributed by atoms with E-state index in [4.69, 9.17) is 17.3 Å². The first kappa shape index (κ1) is 16.6. The first-order valence-electron chi connectivity index (χ1n) is 7.55. The van der Waals surface area contributed by atoms with Crippen LogP contribution in [0.4, 0.5) is 4.79 Å². The van der Waals surface area contributed by atoms with Gasteiger partial charge in [0.05, 0.1) is 0 Å². The molecule has 1 aromatic carbocycles. The van der Waals surface area contributed by atoms with Gasteiger partial charge < -0.3 is 16.0 Å². The van der Waals surface area contributed by atoms with Crippen LogP contribution >= 0.6 is 11.6 Å². The molecule has 3 amide bonds. The summed E-state index contributed by atoms with van der Waals surface area (Å²) < 4.78 is 0. The number of primary amides is 1. The Balaban J connectivity index is 1.82. The summed E-state index contributed by atoms with van der Waals surface area (Å²) in [5.41, 5.74) is 6.23. The van der Waals surface area contributed by atoms with Crippen molar-refractivity contribution in [2.24, 2.45) is 11.7 Å². The smallest absolute Gasteiger partial charge is 0.314 e. The SMILES string of the molecule is C[C@@H](Cc1ccccc1Cl)C(=O)NC1CCN(C(N)=O)CC1. The molecule has 1 heterocycles. The number of urea groups is 1. The number of nitrogens with two attached hydrogens (primary N) is 1. The summed E-state index contributed by atoms with van der Waals surface area (Å²) in [6.45, 7) is 3.09. The second-order valence-electron chi connectivity index (χ2n) is 5.80. The summed E-state index contributed by atoms with van der Waals surface area (Å²) in [6, 6.07) is 7.29. The van der Waals surface area contributed by atoms with E-state index >= 15 is 0 Å². The standard InChI is InChI=1S/C16H22ClN3O2/c1-11(10-12-4-2-3-5-14(12)17)15(21)19-13-6-8-20(9-7-13)16(18)22/h2-5,11,13H,6-10H2,1H3,(H2,18,22)(H,19,21)/t11-/m0/s1. The predicted octanol–water partition coefficient (Wildman–Crippen LogP) is 2.18. The number of amides is 3. The molecule has 5 nitrogen and oxygen atoms in total. The molecule has 0 radical (unpaired) electrons. The molecule has 6 heteroatoms. The van der Waals surface area contributed by atoms with E-state index in [1.807, 2.05) is 31.2 Å². The van der Waals surface area contributed by atoms with Gasteiger partial charge in [0, 0.05) is 30.1 Å². The number of nitrogens with zero attached hydrogens (tertiary/aromatic N) is 1. The summed E-state index contributed by atoms with van der Waals surface area (Å²) in [5, 5.41) is 3.75. The molecule has 2 rings (SSSR count). The average Bonchev–Trinajstić information content (AvgIpc) is 2.50. The second kappa shape index (κ2) is 7.49. The minimum absolute atomic E-state index is 0.0254. The van der Waals surface area contributed by atoms with Gasteiger partial charge in [-0.1, -0.05) is 36.7 Å². The zero-order valence-electron chi connectivity index (χ0n) is 12.7. The van der Waals surface area contributed by atoms with Gasteiger partial charge in [0.15, 0.2) is 0 Å². The van der Waals surface area contributed by atoms with Crippen LogP contribution in [0.5, 0.6) is 0 Å². The molecule has 1 aliphatic heterocycles. The Morgan fingerprint density at radius 2 is 2.00 bits per heavy atom. The van der Waals surface area contributed by atoms with E-state index in [0.29, 0.717) is 24.5 Å². The molecule has 3 N–H and O–H groups in total. The number of likely N-dealkylation sites (tertiary alicyclic amines) is 1. The molecular weight excluding hydrogens is 302 g/mol. The topological polar surface area (TPSA) is 75.4 Å². The molecule has 0 aromatic heterocycles. The molecule has 1 aliphatic rings. The lowest BCUT2D eigenvalue weighted by Crippen LogP contribution is -2.49. The molecule has 1 aromatic rings. The van der Waals surface area contributed by atoms with Crippen molar-refractivity contribution in [2.75, 3.05) is 13.1 Å². The van der Waals surface area contributed by atoms with Crippen molar-refractivity contribution in [3.63, 3.8) is 0 Å². The van der Waals surface area contributed by atoms with Crippen molar-refractivity contribution in [1.29, 1.82) is 0 Å². The van der Waals surface area contributed by atoms with Crippen molar-refractivity contribution < 1.29 is 9.59 Å². The fourth-order valence-electron chi connectivity index (χ4n) is 2.67. The van der Waals surface area contributed by atoms with Crippen molar-refractivity contribution >= 4 is 23.5 Å². The third-order valence-electron chi connectivity index (χ3n) is 4.08. The number of benzene rings is 1. The molecule has 0 unspecified atom stereocenters. The molecule has 120 valence electrons. The Morgan fingerprint density at radius 3 is 2.59 bits per heavy atom. The van der Waals surface area contributed by atoms with Crippen LogP contribution in [0, 0.1) is 5.92 Å². The van der Waals surface area contributed by atoms with Crippen molar-refractivity contribution in [2.45, 2.75) is 32.2 Å². The minimum atomic E-state index is -0.392. The van der Waals surface area contributed by atoms with Crippen LogP contribution in [0.25, 0.3) is 0 Å². The predicted molar refractivity (Wildman–Crippen MR) is 86.6 cm³/mol. The largest absolute Gasteiger partial charge is 0.353 e. The molecule has 0 saturated carbocycles. The molecule has 1 saturated heterocycles. The number of hydrogen-bond acceptors (Lipinski definition) is 2. The van der Waals surface area contributed by atoms with Crippen molar-refractivity contribution in [3.8, 4) is 0 Å². The highest BCUT2D eigenvalue weighted by molar-refractivity contribution is 6.31. The highest BCUT2D eigenvalue weighted by Crippen LogP contribution is 2.19. The van der Waals surface area contributed by atoms with E-state index in [-0.39, 0.29) is 17.9 Å². The summed E-state index contributed by atoms with van der Waals surface area (Å²) in [7, 11) is 0. The molecule has 22 heavy (non-hydrogen) atoms. The Bertz CT molecular complexity index is 542. The minimum Gasteiger partial charge on any atom is -0.353 e. The number of rotatable bonds is 4. The molecule has 0 aliphatic carbocycles. The summed E-state index contributed by atoms with van der Waals surface area (Å²) >= 11 is 6.13. The van der Waals surface area contributed by atoms with Gasteiger partial charge >= 0.3 is 6.03 Å². The number of carbonyl (C=O) groups is 2. The zero-order valence-corrected chi connectivity index (χ0v) is 13.5. The van der Waals surface area contributed by atoms with E-state index in [1.165, 1.54) is 0 Å². The van der Waals surface area contributed by atoms with Gasteiger partial charge in [0.2, 0.25) is 5.91 Å². The van der Waals surface area contributed by atoms with Gasteiger partial charge in [-0.05, 0) is 30.9 Å². The number of halogens is 1. The van der Waals surface area contributed by atoms with Crippen molar-refractivity contribution in [1.82, 2.24) is 10.2 Å². The maximum Gasteiger partial charge on any atom is 0.314 e. The molecule has 1 atom stereocenters. The van der Waals surface area contributed by atoms with Gasteiger partial charge in [-0.15, -0.1) is 0 Å². The fourth-order valence-corrected chi connectivity index (χ4v) is 2.89. The zero-order chi connectivity index (χ0) is 16.1. The van der Waals surface area contributed by atoms with Crippen LogP contribution in [0.1, 0.15) is 25.3 Å². The van der Waals surface area contributed by atoms with Crippen LogP contribution in [0.3, 0.4) is 0 Å². The average molecular weight is 324 g/mol. The molecule has 1 fully saturated rings. The van der Waals surface area contributed by atoms with Crippen molar-refractivity contribution in [3.05, 3.63) is 34.9 Å². The van der Waals surface area contributed by atoms with Crippen LogP contribution in [-0.2, 0) is 11.2 Å². The highest BCUT2D eigenvalue weighted by atomic mass is 35.5. The fraction of sp³-hybridized carbons (Fsp3) is 0.500. The lowest BCUT2D eigenvalue weighted by atomic mass is 9.98. The Morgan fingerprint density at radius 1 is 1.36 bits per heavy atom.